The fraction of sp³-hybridized carbons (Fsp3) is 0.143. The van der Waals surface area contributed by atoms with Crippen molar-refractivity contribution in [2.45, 2.75) is 6.92 Å². The molecule has 0 radical (unpaired) electrons. The van der Waals surface area contributed by atoms with E-state index in [-0.39, 0.29) is 12.2 Å². The number of nitriles is 1. The monoisotopic (exact) mass is 425 g/mol. The molecule has 27 heavy (non-hydrogen) atoms. The molecule has 0 aliphatic carbocycles. The third-order valence-corrected chi connectivity index (χ3v) is 4.09. The van der Waals surface area contributed by atoms with Gasteiger partial charge in [-0.3, -0.25) is 0 Å². The van der Waals surface area contributed by atoms with E-state index in [2.05, 4.69) is 27.9 Å². The number of allylic oxidation sites excluding steroid dienone is 1. The van der Waals surface area contributed by atoms with Gasteiger partial charge in [-0.25, -0.2) is 4.79 Å². The summed E-state index contributed by atoms with van der Waals surface area (Å²) in [6, 6.07) is 11.8. The molecule has 0 unspecified atom stereocenters. The standard InChI is InChI=1S/C21H16BrNO4/c1-3-9-27-20-18(22)11-14(12-19(20)26-4-2)10-17(13-23)15-5-7-16(8-6-15)21(24)25/h1,5-8,10-12H,4,9H2,2H3,(H,24,25)/b17-10-. The number of rotatable bonds is 7. The first-order valence-corrected chi connectivity index (χ1v) is 8.77. The zero-order valence-electron chi connectivity index (χ0n) is 14.5. The predicted octanol–water partition coefficient (Wildman–Crippen LogP) is 4.62. The van der Waals surface area contributed by atoms with Gasteiger partial charge < -0.3 is 14.6 Å². The second-order valence-electron chi connectivity index (χ2n) is 5.31. The molecule has 5 nitrogen and oxygen atoms in total. The summed E-state index contributed by atoms with van der Waals surface area (Å²) in [4.78, 5) is 11.0. The number of hydrogen-bond donors (Lipinski definition) is 1. The molecule has 1 N–H and O–H groups in total. The smallest absolute Gasteiger partial charge is 0.335 e. The van der Waals surface area contributed by atoms with Crippen molar-refractivity contribution < 1.29 is 19.4 Å². The lowest BCUT2D eigenvalue weighted by molar-refractivity contribution is 0.0697. The highest BCUT2D eigenvalue weighted by molar-refractivity contribution is 9.10. The van der Waals surface area contributed by atoms with Crippen LogP contribution in [0.2, 0.25) is 0 Å². The Bertz CT molecular complexity index is 950. The van der Waals surface area contributed by atoms with E-state index in [0.29, 0.717) is 33.7 Å². The summed E-state index contributed by atoms with van der Waals surface area (Å²) >= 11 is 3.44. The zero-order chi connectivity index (χ0) is 19.8. The predicted molar refractivity (Wildman–Crippen MR) is 107 cm³/mol. The third-order valence-electron chi connectivity index (χ3n) is 3.51. The summed E-state index contributed by atoms with van der Waals surface area (Å²) in [5.74, 6) is 2.39. The van der Waals surface area contributed by atoms with Crippen LogP contribution in [0.3, 0.4) is 0 Å². The van der Waals surface area contributed by atoms with Gasteiger partial charge >= 0.3 is 5.97 Å². The highest BCUT2D eigenvalue weighted by Gasteiger charge is 2.12. The number of nitrogens with zero attached hydrogens (tertiary/aromatic N) is 1. The van der Waals surface area contributed by atoms with E-state index in [0.717, 1.165) is 5.56 Å². The number of carboxylic acids is 1. The Balaban J connectivity index is 2.44. The van der Waals surface area contributed by atoms with Crippen LogP contribution in [-0.4, -0.2) is 24.3 Å². The maximum absolute atomic E-state index is 11.0. The first-order chi connectivity index (χ1) is 13.0. The van der Waals surface area contributed by atoms with Crippen LogP contribution in [0.25, 0.3) is 11.6 Å². The van der Waals surface area contributed by atoms with Crippen molar-refractivity contribution >= 4 is 33.5 Å². The number of benzene rings is 2. The topological polar surface area (TPSA) is 79.5 Å². The minimum absolute atomic E-state index is 0.104. The van der Waals surface area contributed by atoms with Crippen LogP contribution in [0.15, 0.2) is 40.9 Å². The van der Waals surface area contributed by atoms with Crippen LogP contribution in [0.1, 0.15) is 28.4 Å². The molecule has 2 aromatic rings. The summed E-state index contributed by atoms with van der Waals surface area (Å²) in [7, 11) is 0. The average molecular weight is 426 g/mol. The molecule has 0 heterocycles. The van der Waals surface area contributed by atoms with E-state index in [1.165, 1.54) is 12.1 Å². The molecular weight excluding hydrogens is 410 g/mol. The first-order valence-electron chi connectivity index (χ1n) is 7.98. The molecule has 0 amide bonds. The summed E-state index contributed by atoms with van der Waals surface area (Å²) in [5, 5.41) is 18.5. The molecule has 0 fully saturated rings. The highest BCUT2D eigenvalue weighted by atomic mass is 79.9. The molecule has 0 aliphatic heterocycles. The van der Waals surface area contributed by atoms with E-state index in [9.17, 15) is 10.1 Å². The van der Waals surface area contributed by atoms with Crippen molar-refractivity contribution in [2.75, 3.05) is 13.2 Å². The third kappa shape index (κ3) is 5.13. The van der Waals surface area contributed by atoms with Crippen molar-refractivity contribution in [2.24, 2.45) is 0 Å². The Hall–Kier alpha value is -3.22. The van der Waals surface area contributed by atoms with E-state index in [4.69, 9.17) is 21.0 Å². The maximum atomic E-state index is 11.0. The number of aromatic carboxylic acids is 1. The molecule has 2 aromatic carbocycles. The molecule has 2 rings (SSSR count). The van der Waals surface area contributed by atoms with Crippen LogP contribution in [0, 0.1) is 23.7 Å². The Morgan fingerprint density at radius 2 is 1.93 bits per heavy atom. The lowest BCUT2D eigenvalue weighted by atomic mass is 10.0. The Morgan fingerprint density at radius 1 is 1.26 bits per heavy atom. The summed E-state index contributed by atoms with van der Waals surface area (Å²) < 4.78 is 11.8. The lowest BCUT2D eigenvalue weighted by Crippen LogP contribution is -2.00. The number of ether oxygens (including phenoxy) is 2. The average Bonchev–Trinajstić information content (AvgIpc) is 2.66. The van der Waals surface area contributed by atoms with Gasteiger partial charge in [-0.2, -0.15) is 5.26 Å². The van der Waals surface area contributed by atoms with Gasteiger partial charge in [-0.05, 0) is 64.3 Å². The van der Waals surface area contributed by atoms with Gasteiger partial charge in [0.1, 0.15) is 6.61 Å². The van der Waals surface area contributed by atoms with Crippen LogP contribution >= 0.6 is 15.9 Å². The Labute approximate surface area is 166 Å². The molecule has 0 spiro atoms. The number of halogens is 1. The minimum Gasteiger partial charge on any atom is -0.490 e. The fourth-order valence-corrected chi connectivity index (χ4v) is 2.90. The normalized spacial score (nSPS) is 10.6. The van der Waals surface area contributed by atoms with E-state index in [1.54, 1.807) is 30.3 Å². The van der Waals surface area contributed by atoms with Gasteiger partial charge in [0.25, 0.3) is 0 Å². The molecule has 0 saturated heterocycles. The second kappa shape index (κ2) is 9.47. The Kier molecular flexibility index (Phi) is 7.05. The number of hydrogen-bond acceptors (Lipinski definition) is 4. The minimum atomic E-state index is -1.02. The molecule has 6 heteroatoms. The zero-order valence-corrected chi connectivity index (χ0v) is 16.1. The van der Waals surface area contributed by atoms with Crippen molar-refractivity contribution in [1.29, 1.82) is 5.26 Å². The summed E-state index contributed by atoms with van der Waals surface area (Å²) in [6.07, 6.45) is 6.93. The molecule has 0 aliphatic rings. The Morgan fingerprint density at radius 3 is 2.48 bits per heavy atom. The molecule has 136 valence electrons. The van der Waals surface area contributed by atoms with Crippen molar-refractivity contribution in [3.63, 3.8) is 0 Å². The number of carboxylic acid groups (broad SMARTS) is 1. The number of carbonyl (C=O) groups is 1. The second-order valence-corrected chi connectivity index (χ2v) is 6.16. The fourth-order valence-electron chi connectivity index (χ4n) is 2.33. The SMILES string of the molecule is C#CCOc1c(Br)cc(/C=C(/C#N)c2ccc(C(=O)O)cc2)cc1OCC. The molecule has 0 saturated carbocycles. The van der Waals surface area contributed by atoms with Gasteiger partial charge in [0.15, 0.2) is 11.5 Å². The van der Waals surface area contributed by atoms with Crippen molar-refractivity contribution in [3.05, 3.63) is 57.6 Å². The highest BCUT2D eigenvalue weighted by Crippen LogP contribution is 2.38. The summed E-state index contributed by atoms with van der Waals surface area (Å²) in [6.45, 7) is 2.40. The molecule has 0 aromatic heterocycles. The van der Waals surface area contributed by atoms with Crippen molar-refractivity contribution in [3.8, 4) is 29.9 Å². The summed E-state index contributed by atoms with van der Waals surface area (Å²) in [5.41, 5.74) is 1.88. The van der Waals surface area contributed by atoms with Gasteiger partial charge in [-0.1, -0.05) is 18.1 Å². The van der Waals surface area contributed by atoms with Crippen LogP contribution in [0.4, 0.5) is 0 Å². The molecule has 0 bridgehead atoms. The van der Waals surface area contributed by atoms with E-state index in [1.807, 2.05) is 6.92 Å². The van der Waals surface area contributed by atoms with Crippen molar-refractivity contribution in [1.82, 2.24) is 0 Å². The van der Waals surface area contributed by atoms with Crippen LogP contribution in [-0.2, 0) is 0 Å². The van der Waals surface area contributed by atoms with Gasteiger partial charge in [0.05, 0.1) is 28.3 Å². The van der Waals surface area contributed by atoms with E-state index < -0.39 is 5.97 Å². The van der Waals surface area contributed by atoms with Crippen LogP contribution < -0.4 is 9.47 Å². The lowest BCUT2D eigenvalue weighted by Gasteiger charge is -2.13. The van der Waals surface area contributed by atoms with Crippen LogP contribution in [0.5, 0.6) is 11.5 Å². The quantitative estimate of drug-likeness (QED) is 0.397. The van der Waals surface area contributed by atoms with Gasteiger partial charge in [0.2, 0.25) is 0 Å². The largest absolute Gasteiger partial charge is 0.490 e. The molecular formula is C21H16BrNO4. The molecule has 0 atom stereocenters. The maximum Gasteiger partial charge on any atom is 0.335 e. The van der Waals surface area contributed by atoms with E-state index >= 15 is 0 Å². The van der Waals surface area contributed by atoms with Gasteiger partial charge in [-0.15, -0.1) is 6.42 Å². The number of terminal acetylenes is 1. The van der Waals surface area contributed by atoms with Gasteiger partial charge in [0, 0.05) is 0 Å². The first kappa shape index (κ1) is 20.1.